The van der Waals surface area contributed by atoms with Crippen LogP contribution in [0.3, 0.4) is 0 Å². The van der Waals surface area contributed by atoms with E-state index >= 15 is 0 Å². The van der Waals surface area contributed by atoms with Gasteiger partial charge in [0.05, 0.1) is 22.4 Å². The van der Waals surface area contributed by atoms with Crippen LogP contribution in [0.4, 0.5) is 8.78 Å². The molecule has 9 heteroatoms. The summed E-state index contributed by atoms with van der Waals surface area (Å²) in [5.74, 6) is -2.57. The number of hydrogen-bond donors (Lipinski definition) is 2. The van der Waals surface area contributed by atoms with E-state index < -0.39 is 40.1 Å². The Morgan fingerprint density at radius 2 is 1.79 bits per heavy atom. The zero-order valence-electron chi connectivity index (χ0n) is 12.0. The quantitative estimate of drug-likeness (QED) is 0.812. The lowest BCUT2D eigenvalue weighted by atomic mass is 10.1. The molecule has 0 aliphatic heterocycles. The molecule has 0 fully saturated rings. The largest absolute Gasteiger partial charge is 0.481 e. The Bertz CT molecular complexity index is 856. The summed E-state index contributed by atoms with van der Waals surface area (Å²) < 4.78 is 53.1. The van der Waals surface area contributed by atoms with E-state index in [-0.39, 0.29) is 15.5 Å². The molecule has 5 nitrogen and oxygen atoms in total. The lowest BCUT2D eigenvalue weighted by molar-refractivity contribution is -0.137. The fourth-order valence-corrected chi connectivity index (χ4v) is 3.49. The monoisotopic (exact) mass is 375 g/mol. The molecule has 0 bridgehead atoms. The number of benzene rings is 2. The third-order valence-corrected chi connectivity index (χ3v) is 4.91. The van der Waals surface area contributed by atoms with E-state index in [4.69, 9.17) is 16.7 Å². The minimum absolute atomic E-state index is 0.274. The molecule has 0 aliphatic rings. The van der Waals surface area contributed by atoms with E-state index in [0.717, 1.165) is 30.3 Å². The Morgan fingerprint density at radius 3 is 2.33 bits per heavy atom. The molecular formula is C15H12ClF2NO4S. The van der Waals surface area contributed by atoms with Gasteiger partial charge in [-0.25, -0.2) is 21.9 Å². The number of rotatable bonds is 6. The van der Waals surface area contributed by atoms with Gasteiger partial charge in [-0.15, -0.1) is 0 Å². The molecule has 2 N–H and O–H groups in total. The highest BCUT2D eigenvalue weighted by atomic mass is 35.5. The van der Waals surface area contributed by atoms with Gasteiger partial charge in [0.2, 0.25) is 10.0 Å². The van der Waals surface area contributed by atoms with Gasteiger partial charge in [0.15, 0.2) is 0 Å². The summed E-state index contributed by atoms with van der Waals surface area (Å²) >= 11 is 5.57. The molecule has 2 rings (SSSR count). The van der Waals surface area contributed by atoms with Crippen molar-refractivity contribution in [2.24, 2.45) is 0 Å². The minimum Gasteiger partial charge on any atom is -0.481 e. The van der Waals surface area contributed by atoms with Gasteiger partial charge in [0.25, 0.3) is 0 Å². The van der Waals surface area contributed by atoms with E-state index in [1.54, 1.807) is 0 Å². The highest BCUT2D eigenvalue weighted by molar-refractivity contribution is 7.89. The van der Waals surface area contributed by atoms with Crippen molar-refractivity contribution in [1.82, 2.24) is 4.72 Å². The van der Waals surface area contributed by atoms with Gasteiger partial charge in [-0.2, -0.15) is 0 Å². The molecule has 2 aromatic carbocycles. The van der Waals surface area contributed by atoms with Crippen molar-refractivity contribution in [1.29, 1.82) is 0 Å². The summed E-state index contributed by atoms with van der Waals surface area (Å²) in [6.07, 6.45) is -0.556. The molecule has 0 saturated heterocycles. The zero-order valence-corrected chi connectivity index (χ0v) is 13.6. The van der Waals surface area contributed by atoms with E-state index in [1.165, 1.54) is 12.1 Å². The van der Waals surface area contributed by atoms with Gasteiger partial charge in [-0.3, -0.25) is 4.79 Å². The first-order chi connectivity index (χ1) is 11.2. The van der Waals surface area contributed by atoms with Crippen LogP contribution in [-0.2, 0) is 14.8 Å². The van der Waals surface area contributed by atoms with Crippen LogP contribution in [0.2, 0.25) is 5.02 Å². The Morgan fingerprint density at radius 1 is 1.17 bits per heavy atom. The van der Waals surface area contributed by atoms with Gasteiger partial charge in [-0.1, -0.05) is 23.7 Å². The van der Waals surface area contributed by atoms with Crippen LogP contribution in [0, 0.1) is 11.6 Å². The van der Waals surface area contributed by atoms with Crippen LogP contribution < -0.4 is 4.72 Å². The molecular weight excluding hydrogens is 364 g/mol. The second-order valence-electron chi connectivity index (χ2n) is 4.90. The maximum absolute atomic E-state index is 13.2. The van der Waals surface area contributed by atoms with E-state index in [9.17, 15) is 22.0 Å². The van der Waals surface area contributed by atoms with Gasteiger partial charge in [0, 0.05) is 0 Å². The van der Waals surface area contributed by atoms with Crippen LogP contribution >= 0.6 is 11.6 Å². The van der Waals surface area contributed by atoms with Crippen LogP contribution in [0.15, 0.2) is 47.4 Å². The maximum Gasteiger partial charge on any atom is 0.305 e. The summed E-state index contributed by atoms with van der Waals surface area (Å²) in [7, 11) is -4.16. The number of nitrogens with one attached hydrogen (secondary N) is 1. The highest BCUT2D eigenvalue weighted by Gasteiger charge is 2.24. The van der Waals surface area contributed by atoms with E-state index in [1.807, 2.05) is 0 Å². The van der Waals surface area contributed by atoms with E-state index in [2.05, 4.69) is 4.72 Å². The summed E-state index contributed by atoms with van der Waals surface area (Å²) in [6.45, 7) is 0. The first-order valence-electron chi connectivity index (χ1n) is 6.63. The molecule has 0 aliphatic carbocycles. The van der Waals surface area contributed by atoms with E-state index in [0.29, 0.717) is 0 Å². The Hall–Kier alpha value is -2.03. The number of carbonyl (C=O) groups is 1. The van der Waals surface area contributed by atoms with Crippen LogP contribution in [0.1, 0.15) is 18.0 Å². The maximum atomic E-state index is 13.2. The summed E-state index contributed by atoms with van der Waals surface area (Å²) in [5, 5.41) is 8.59. The molecule has 2 aromatic rings. The van der Waals surface area contributed by atoms with Crippen molar-refractivity contribution < 1.29 is 27.1 Å². The summed E-state index contributed by atoms with van der Waals surface area (Å²) in [5.41, 5.74) is 0.274. The molecule has 0 saturated carbocycles. The predicted molar refractivity (Wildman–Crippen MR) is 83.1 cm³/mol. The van der Waals surface area contributed by atoms with Crippen molar-refractivity contribution >= 4 is 27.6 Å². The average Bonchev–Trinajstić information content (AvgIpc) is 2.49. The average molecular weight is 376 g/mol. The molecule has 24 heavy (non-hydrogen) atoms. The molecule has 0 aromatic heterocycles. The van der Waals surface area contributed by atoms with Crippen molar-refractivity contribution in [3.05, 3.63) is 64.7 Å². The molecule has 128 valence electrons. The van der Waals surface area contributed by atoms with Crippen LogP contribution in [-0.4, -0.2) is 19.5 Å². The molecule has 0 heterocycles. The second kappa shape index (κ2) is 7.25. The summed E-state index contributed by atoms with van der Waals surface area (Å²) in [6, 6.07) is 6.43. The number of halogens is 3. The van der Waals surface area contributed by atoms with Gasteiger partial charge in [-0.05, 0) is 35.9 Å². The van der Waals surface area contributed by atoms with Crippen molar-refractivity contribution in [3.8, 4) is 0 Å². The lowest BCUT2D eigenvalue weighted by Crippen LogP contribution is -2.30. The van der Waals surface area contributed by atoms with Crippen LogP contribution in [0.25, 0.3) is 0 Å². The molecule has 0 amide bonds. The molecule has 1 atom stereocenters. The lowest BCUT2D eigenvalue weighted by Gasteiger charge is -2.18. The zero-order chi connectivity index (χ0) is 17.9. The minimum atomic E-state index is -4.16. The molecule has 0 spiro atoms. The molecule has 0 radical (unpaired) electrons. The third-order valence-electron chi connectivity index (χ3n) is 3.15. The van der Waals surface area contributed by atoms with Crippen LogP contribution in [0.5, 0.6) is 0 Å². The normalized spacial score (nSPS) is 12.8. The Balaban J connectivity index is 2.35. The number of aliphatic carboxylic acids is 1. The fourth-order valence-electron chi connectivity index (χ4n) is 2.00. The van der Waals surface area contributed by atoms with Gasteiger partial charge >= 0.3 is 5.97 Å². The third kappa shape index (κ3) is 4.50. The number of carboxylic acid groups (broad SMARTS) is 1. The van der Waals surface area contributed by atoms with Gasteiger partial charge < -0.3 is 5.11 Å². The first-order valence-corrected chi connectivity index (χ1v) is 8.50. The van der Waals surface area contributed by atoms with Gasteiger partial charge in [0.1, 0.15) is 11.6 Å². The topological polar surface area (TPSA) is 83.5 Å². The Labute approximate surface area is 141 Å². The first kappa shape index (κ1) is 18.3. The number of carboxylic acids is 1. The summed E-state index contributed by atoms with van der Waals surface area (Å²) in [4.78, 5) is 10.7. The molecule has 1 unspecified atom stereocenters. The van der Waals surface area contributed by atoms with Crippen molar-refractivity contribution in [3.63, 3.8) is 0 Å². The van der Waals surface area contributed by atoms with Crippen molar-refractivity contribution in [2.75, 3.05) is 0 Å². The Kier molecular flexibility index (Phi) is 5.53. The predicted octanol–water partition coefficient (Wildman–Crippen LogP) is 3.11. The standard InChI is InChI=1S/C15H12ClF2NO4S/c16-12-7-11(5-6-13(12)18)24(22,23)19-14(8-15(20)21)9-1-3-10(17)4-2-9/h1-7,14,19H,8H2,(H,20,21). The highest BCUT2D eigenvalue weighted by Crippen LogP contribution is 2.23. The second-order valence-corrected chi connectivity index (χ2v) is 7.02. The number of hydrogen-bond acceptors (Lipinski definition) is 3. The fraction of sp³-hybridized carbons (Fsp3) is 0.133. The van der Waals surface area contributed by atoms with Crippen molar-refractivity contribution in [2.45, 2.75) is 17.4 Å². The number of sulfonamides is 1. The smallest absolute Gasteiger partial charge is 0.305 e. The SMILES string of the molecule is O=C(O)CC(NS(=O)(=O)c1ccc(F)c(Cl)c1)c1ccc(F)cc1.